The van der Waals surface area contributed by atoms with E-state index in [9.17, 15) is 30.6 Å². The van der Waals surface area contributed by atoms with Gasteiger partial charge in [-0.2, -0.15) is 0 Å². The van der Waals surface area contributed by atoms with Crippen LogP contribution in [-0.4, -0.2) is 112 Å². The van der Waals surface area contributed by atoms with Crippen molar-refractivity contribution in [3.63, 3.8) is 0 Å². The Bertz CT molecular complexity index is 394. The lowest BCUT2D eigenvalue weighted by molar-refractivity contribution is -0.343. The maximum atomic E-state index is 10.2. The zero-order valence-electron chi connectivity index (χ0n) is 13.5. The van der Waals surface area contributed by atoms with Crippen LogP contribution in [0.4, 0.5) is 0 Å². The second-order valence-electron chi connectivity index (χ2n) is 6.05. The van der Waals surface area contributed by atoms with Crippen molar-refractivity contribution in [1.82, 2.24) is 0 Å². The Morgan fingerprint density at radius 2 is 1.42 bits per heavy atom. The molecule has 2 heterocycles. The Hall–Kier alpha value is -0.400. The van der Waals surface area contributed by atoms with Crippen LogP contribution in [0.5, 0.6) is 0 Å². The molecule has 2 aliphatic rings. The van der Waals surface area contributed by atoms with Crippen molar-refractivity contribution in [3.8, 4) is 0 Å². The van der Waals surface area contributed by atoms with Gasteiger partial charge in [0.25, 0.3) is 0 Å². The van der Waals surface area contributed by atoms with E-state index in [0.717, 1.165) is 0 Å². The minimum atomic E-state index is -1.42. The number of methoxy groups -OCH3 is 1. The van der Waals surface area contributed by atoms with Gasteiger partial charge in [0, 0.05) is 7.11 Å². The van der Waals surface area contributed by atoms with Crippen LogP contribution >= 0.6 is 0 Å². The fourth-order valence-corrected chi connectivity index (χ4v) is 3.04. The van der Waals surface area contributed by atoms with Crippen molar-refractivity contribution < 1.29 is 49.6 Å². The van der Waals surface area contributed by atoms with Crippen molar-refractivity contribution in [2.75, 3.05) is 20.3 Å². The summed E-state index contributed by atoms with van der Waals surface area (Å²) in [7, 11) is 1.27. The molecule has 10 heteroatoms. The van der Waals surface area contributed by atoms with E-state index >= 15 is 0 Å². The first-order valence-corrected chi connectivity index (χ1v) is 7.78. The van der Waals surface area contributed by atoms with Gasteiger partial charge >= 0.3 is 0 Å². The van der Waals surface area contributed by atoms with Crippen molar-refractivity contribution in [2.45, 2.75) is 68.1 Å². The summed E-state index contributed by atoms with van der Waals surface area (Å²) in [5.41, 5.74) is 0. The maximum Gasteiger partial charge on any atom is 0.187 e. The fraction of sp³-hybridized carbons (Fsp3) is 1.00. The van der Waals surface area contributed by atoms with E-state index in [1.54, 1.807) is 0 Å². The first-order valence-electron chi connectivity index (χ1n) is 7.78. The predicted octanol–water partition coefficient (Wildman–Crippen LogP) is -3.67. The third-order valence-corrected chi connectivity index (χ3v) is 4.49. The lowest BCUT2D eigenvalue weighted by Gasteiger charge is -2.46. The Morgan fingerprint density at radius 1 is 0.792 bits per heavy atom. The number of rotatable bonds is 5. The van der Waals surface area contributed by atoms with Crippen LogP contribution in [0.3, 0.4) is 0 Å². The van der Waals surface area contributed by atoms with Crippen LogP contribution in [0.2, 0.25) is 0 Å². The Balaban J connectivity index is 2.14. The van der Waals surface area contributed by atoms with Crippen LogP contribution in [0.1, 0.15) is 6.92 Å². The molecule has 0 bridgehead atoms. The molecule has 142 valence electrons. The van der Waals surface area contributed by atoms with Crippen molar-refractivity contribution in [3.05, 3.63) is 0 Å². The minimum Gasteiger partial charge on any atom is -0.394 e. The average Bonchev–Trinajstić information content (AvgIpc) is 2.57. The zero-order valence-corrected chi connectivity index (χ0v) is 13.5. The molecule has 0 aromatic carbocycles. The SMILES string of the molecule is CO[C@@H]1C(O)[C@H](O[C@@H]2C(CO)O[C@@H](C)C(O)[C@H]2O)OC(CO)[C@@H]1O. The summed E-state index contributed by atoms with van der Waals surface area (Å²) >= 11 is 0. The Labute approximate surface area is 139 Å². The van der Waals surface area contributed by atoms with E-state index in [1.165, 1.54) is 14.0 Å². The van der Waals surface area contributed by atoms with Gasteiger partial charge in [0.15, 0.2) is 6.29 Å². The largest absolute Gasteiger partial charge is 0.394 e. The molecule has 10 nitrogen and oxygen atoms in total. The molecule has 0 aromatic rings. The predicted molar refractivity (Wildman–Crippen MR) is 76.9 cm³/mol. The second-order valence-corrected chi connectivity index (χ2v) is 6.05. The lowest BCUT2D eigenvalue weighted by Crippen LogP contribution is -2.64. The third kappa shape index (κ3) is 3.73. The molecule has 2 fully saturated rings. The topological polar surface area (TPSA) is 158 Å². The average molecular weight is 354 g/mol. The molecule has 0 saturated carbocycles. The van der Waals surface area contributed by atoms with E-state index in [1.807, 2.05) is 0 Å². The summed E-state index contributed by atoms with van der Waals surface area (Å²) in [6, 6.07) is 0. The summed E-state index contributed by atoms with van der Waals surface area (Å²) in [6.07, 6.45) is -11.7. The summed E-state index contributed by atoms with van der Waals surface area (Å²) in [4.78, 5) is 0. The van der Waals surface area contributed by atoms with Gasteiger partial charge in [-0.3, -0.25) is 0 Å². The van der Waals surface area contributed by atoms with E-state index in [2.05, 4.69) is 0 Å². The van der Waals surface area contributed by atoms with Gasteiger partial charge in [0.1, 0.15) is 48.8 Å². The molecule has 24 heavy (non-hydrogen) atoms. The molecule has 0 aromatic heterocycles. The highest BCUT2D eigenvalue weighted by atomic mass is 16.7. The first-order chi connectivity index (χ1) is 11.3. The van der Waals surface area contributed by atoms with Gasteiger partial charge in [-0.05, 0) is 6.92 Å². The normalized spacial score (nSPS) is 50.0. The molecule has 0 amide bonds. The summed E-state index contributed by atoms with van der Waals surface area (Å²) < 4.78 is 21.2. The first kappa shape index (κ1) is 19.9. The fourth-order valence-electron chi connectivity index (χ4n) is 3.04. The summed E-state index contributed by atoms with van der Waals surface area (Å²) in [5.74, 6) is 0. The third-order valence-electron chi connectivity index (χ3n) is 4.49. The molecular formula is C14H26O10. The van der Waals surface area contributed by atoms with Gasteiger partial charge in [-0.25, -0.2) is 0 Å². The van der Waals surface area contributed by atoms with E-state index in [4.69, 9.17) is 18.9 Å². The molecule has 4 unspecified atom stereocenters. The summed E-state index contributed by atoms with van der Waals surface area (Å²) in [6.45, 7) is 0.513. The Kier molecular flexibility index (Phi) is 6.90. The van der Waals surface area contributed by atoms with Crippen LogP contribution < -0.4 is 0 Å². The van der Waals surface area contributed by atoms with E-state index < -0.39 is 74.4 Å². The number of aliphatic hydroxyl groups is 6. The monoisotopic (exact) mass is 354 g/mol. The van der Waals surface area contributed by atoms with Crippen LogP contribution in [0.15, 0.2) is 0 Å². The highest BCUT2D eigenvalue weighted by Gasteiger charge is 2.50. The molecule has 10 atom stereocenters. The maximum absolute atomic E-state index is 10.2. The molecule has 0 radical (unpaired) electrons. The van der Waals surface area contributed by atoms with Gasteiger partial charge < -0.3 is 49.6 Å². The van der Waals surface area contributed by atoms with Gasteiger partial charge in [0.2, 0.25) is 0 Å². The number of hydrogen-bond acceptors (Lipinski definition) is 10. The van der Waals surface area contributed by atoms with Crippen molar-refractivity contribution in [1.29, 1.82) is 0 Å². The molecule has 2 rings (SSSR count). The summed E-state index contributed by atoms with van der Waals surface area (Å²) in [5, 5.41) is 59.0. The van der Waals surface area contributed by atoms with Crippen LogP contribution in [0, 0.1) is 0 Å². The van der Waals surface area contributed by atoms with Gasteiger partial charge in [0.05, 0.1) is 19.3 Å². The standard InChI is InChI=1S/C14H26O10/c1-5-8(17)10(19)12(7(4-16)22-5)24-14-11(20)13(21-2)9(18)6(3-15)23-14/h5-20H,3-4H2,1-2H3/t5-,6?,7?,8?,9-,10+,11?,12+,13-,14-/m0/s1. The number of ether oxygens (including phenoxy) is 4. The molecular weight excluding hydrogens is 328 g/mol. The second kappa shape index (κ2) is 8.32. The zero-order chi connectivity index (χ0) is 18.0. The van der Waals surface area contributed by atoms with Gasteiger partial charge in [-0.1, -0.05) is 0 Å². The smallest absolute Gasteiger partial charge is 0.187 e. The molecule has 2 aliphatic heterocycles. The van der Waals surface area contributed by atoms with Crippen molar-refractivity contribution >= 4 is 0 Å². The minimum absolute atomic E-state index is 0.485. The van der Waals surface area contributed by atoms with E-state index in [0.29, 0.717) is 0 Å². The lowest BCUT2D eigenvalue weighted by atomic mass is 9.95. The van der Waals surface area contributed by atoms with E-state index in [-0.39, 0.29) is 0 Å². The van der Waals surface area contributed by atoms with Gasteiger partial charge in [-0.15, -0.1) is 0 Å². The highest BCUT2D eigenvalue weighted by Crippen LogP contribution is 2.29. The molecule has 2 saturated heterocycles. The highest BCUT2D eigenvalue weighted by molar-refractivity contribution is 4.95. The van der Waals surface area contributed by atoms with Crippen LogP contribution in [0.25, 0.3) is 0 Å². The van der Waals surface area contributed by atoms with Crippen molar-refractivity contribution in [2.24, 2.45) is 0 Å². The van der Waals surface area contributed by atoms with Crippen LogP contribution in [-0.2, 0) is 18.9 Å². The molecule has 0 aliphatic carbocycles. The quantitative estimate of drug-likeness (QED) is 0.290. The number of hydrogen-bond donors (Lipinski definition) is 6. The molecule has 0 spiro atoms. The molecule has 6 N–H and O–H groups in total. The Morgan fingerprint density at radius 3 is 1.96 bits per heavy atom. The number of aliphatic hydroxyl groups excluding tert-OH is 6.